The molecule has 1 nitrogen and oxygen atoms in total. The molecule has 0 aliphatic heterocycles. The summed E-state index contributed by atoms with van der Waals surface area (Å²) < 4.78 is 0. The molecule has 0 atom stereocenters. The van der Waals surface area contributed by atoms with Crippen LogP contribution in [0.3, 0.4) is 0 Å². The third kappa shape index (κ3) is 0.967. The number of carbonyl (C=O) groups excluding carboxylic acids is 1. The van der Waals surface area contributed by atoms with Gasteiger partial charge in [0.1, 0.15) is 5.94 Å². The summed E-state index contributed by atoms with van der Waals surface area (Å²) in [6.45, 7) is 0. The molecule has 0 saturated heterocycles. The molecule has 1 aliphatic rings. The highest BCUT2D eigenvalue weighted by atomic mass is 32.1. The van der Waals surface area contributed by atoms with E-state index in [9.17, 15) is 4.79 Å². The average molecular weight is 162 g/mol. The van der Waals surface area contributed by atoms with Gasteiger partial charge in [0.25, 0.3) is 0 Å². The van der Waals surface area contributed by atoms with Crippen molar-refractivity contribution in [2.45, 2.75) is 6.42 Å². The van der Waals surface area contributed by atoms with Gasteiger partial charge in [-0.15, -0.1) is 11.3 Å². The van der Waals surface area contributed by atoms with Crippen LogP contribution in [0.5, 0.6) is 0 Å². The van der Waals surface area contributed by atoms with Crippen molar-refractivity contribution in [1.82, 2.24) is 0 Å². The Morgan fingerprint density at radius 3 is 3.27 bits per heavy atom. The smallest absolute Gasteiger partial charge is 0.129 e. The van der Waals surface area contributed by atoms with Crippen LogP contribution in [-0.2, 0) is 4.79 Å². The van der Waals surface area contributed by atoms with Crippen molar-refractivity contribution in [1.29, 1.82) is 0 Å². The maximum Gasteiger partial charge on any atom is 0.129 e. The van der Waals surface area contributed by atoms with Crippen molar-refractivity contribution < 1.29 is 4.79 Å². The summed E-state index contributed by atoms with van der Waals surface area (Å²) in [5.41, 5.74) is 1.94. The minimum absolute atomic E-state index is 0.733. The third-order valence-electron chi connectivity index (χ3n) is 1.71. The highest BCUT2D eigenvalue weighted by Gasteiger charge is 2.10. The average Bonchev–Trinajstić information content (AvgIpc) is 2.50. The molecule has 1 aromatic rings. The summed E-state index contributed by atoms with van der Waals surface area (Å²) in [4.78, 5) is 11.5. The van der Waals surface area contributed by atoms with E-state index in [1.807, 2.05) is 29.5 Å². The molecule has 1 aliphatic carbocycles. The summed E-state index contributed by atoms with van der Waals surface area (Å²) >= 11 is 1.61. The van der Waals surface area contributed by atoms with Crippen molar-refractivity contribution in [3.8, 4) is 0 Å². The fraction of sp³-hybridized carbons (Fsp3) is 0.111. The Hall–Kier alpha value is -1.11. The lowest BCUT2D eigenvalue weighted by Crippen LogP contribution is -1.87. The van der Waals surface area contributed by atoms with Crippen LogP contribution in [0.25, 0.3) is 11.6 Å². The molecule has 0 aromatic carbocycles. The summed E-state index contributed by atoms with van der Waals surface area (Å²) in [6.07, 6.45) is 4.78. The van der Waals surface area contributed by atoms with Crippen LogP contribution < -0.4 is 0 Å². The molecule has 1 heterocycles. The summed E-state index contributed by atoms with van der Waals surface area (Å²) in [5.74, 6) is 1.97. The zero-order chi connectivity index (χ0) is 7.68. The SMILES string of the molecule is O=C=C1CC=Cc2ccsc21. The lowest BCUT2D eigenvalue weighted by molar-refractivity contribution is 0.569. The van der Waals surface area contributed by atoms with E-state index in [-0.39, 0.29) is 0 Å². The predicted molar refractivity (Wildman–Crippen MR) is 47.1 cm³/mol. The molecule has 1 aromatic heterocycles. The molecule has 0 amide bonds. The normalized spacial score (nSPS) is 14.4. The second kappa shape index (κ2) is 2.50. The maximum absolute atomic E-state index is 10.4. The van der Waals surface area contributed by atoms with E-state index in [1.54, 1.807) is 11.3 Å². The van der Waals surface area contributed by atoms with E-state index in [2.05, 4.69) is 0 Å². The van der Waals surface area contributed by atoms with E-state index in [1.165, 1.54) is 0 Å². The first-order valence-corrected chi connectivity index (χ1v) is 4.28. The summed E-state index contributed by atoms with van der Waals surface area (Å²) in [5, 5.41) is 2.00. The fourth-order valence-corrected chi connectivity index (χ4v) is 2.07. The van der Waals surface area contributed by atoms with Gasteiger partial charge in [0, 0.05) is 11.3 Å². The number of allylic oxidation sites excluding steroid dienone is 2. The first-order valence-electron chi connectivity index (χ1n) is 3.40. The van der Waals surface area contributed by atoms with Gasteiger partial charge in [0.2, 0.25) is 0 Å². The van der Waals surface area contributed by atoms with E-state index in [4.69, 9.17) is 0 Å². The van der Waals surface area contributed by atoms with Gasteiger partial charge in [-0.3, -0.25) is 0 Å². The van der Waals surface area contributed by atoms with Crippen LogP contribution in [0.1, 0.15) is 16.9 Å². The van der Waals surface area contributed by atoms with Crippen LogP contribution in [0.4, 0.5) is 0 Å². The van der Waals surface area contributed by atoms with Crippen LogP contribution in [0, 0.1) is 0 Å². The minimum atomic E-state index is 0.733. The first kappa shape index (κ1) is 6.59. The van der Waals surface area contributed by atoms with Crippen LogP contribution in [-0.4, -0.2) is 5.94 Å². The van der Waals surface area contributed by atoms with Crippen molar-refractivity contribution in [3.63, 3.8) is 0 Å². The number of hydrogen-bond acceptors (Lipinski definition) is 2. The maximum atomic E-state index is 10.4. The van der Waals surface area contributed by atoms with Crippen LogP contribution in [0.2, 0.25) is 0 Å². The van der Waals surface area contributed by atoms with Crippen molar-refractivity contribution >= 4 is 28.9 Å². The lowest BCUT2D eigenvalue weighted by Gasteiger charge is -2.03. The molecule has 2 heteroatoms. The Kier molecular flexibility index (Phi) is 1.50. The Bertz CT molecular complexity index is 353. The highest BCUT2D eigenvalue weighted by molar-refractivity contribution is 7.11. The highest BCUT2D eigenvalue weighted by Crippen LogP contribution is 2.30. The zero-order valence-electron chi connectivity index (χ0n) is 5.83. The Morgan fingerprint density at radius 1 is 1.55 bits per heavy atom. The molecule has 2 rings (SSSR count). The first-order chi connectivity index (χ1) is 5.42. The van der Waals surface area contributed by atoms with Gasteiger partial charge >= 0.3 is 0 Å². The van der Waals surface area contributed by atoms with Gasteiger partial charge in [-0.1, -0.05) is 12.2 Å². The van der Waals surface area contributed by atoms with Crippen molar-refractivity contribution in [2.24, 2.45) is 0 Å². The summed E-state index contributed by atoms with van der Waals surface area (Å²) in [6, 6.07) is 2.02. The Morgan fingerprint density at radius 2 is 2.45 bits per heavy atom. The standard InChI is InChI=1S/C9H6OS/c10-6-8-3-1-2-7-4-5-11-9(7)8/h1-2,4-5H,3H2. The molecular weight excluding hydrogens is 156 g/mol. The van der Waals surface area contributed by atoms with Gasteiger partial charge in [0.05, 0.1) is 5.57 Å². The lowest BCUT2D eigenvalue weighted by atomic mass is 10.0. The molecule has 11 heavy (non-hydrogen) atoms. The Balaban J connectivity index is 2.66. The van der Waals surface area contributed by atoms with Crippen LogP contribution in [0.15, 0.2) is 17.5 Å². The largest absolute Gasteiger partial charge is 0.233 e. The molecule has 0 saturated carbocycles. The number of thiophene rings is 1. The second-order valence-corrected chi connectivity index (χ2v) is 3.31. The molecule has 0 unspecified atom stereocenters. The van der Waals surface area contributed by atoms with Gasteiger partial charge in [0.15, 0.2) is 0 Å². The van der Waals surface area contributed by atoms with Crippen molar-refractivity contribution in [2.75, 3.05) is 0 Å². The quantitative estimate of drug-likeness (QED) is 0.535. The topological polar surface area (TPSA) is 17.1 Å². The van der Waals surface area contributed by atoms with E-state index in [0.717, 1.165) is 22.4 Å². The van der Waals surface area contributed by atoms with Crippen LogP contribution >= 0.6 is 11.3 Å². The molecule has 0 radical (unpaired) electrons. The summed E-state index contributed by atoms with van der Waals surface area (Å²) in [7, 11) is 0. The predicted octanol–water partition coefficient (Wildman–Crippen LogP) is 2.38. The van der Waals surface area contributed by atoms with E-state index in [0.29, 0.717) is 0 Å². The number of rotatable bonds is 0. The molecule has 0 N–H and O–H groups in total. The zero-order valence-corrected chi connectivity index (χ0v) is 6.65. The van der Waals surface area contributed by atoms with Gasteiger partial charge in [-0.25, -0.2) is 4.79 Å². The van der Waals surface area contributed by atoms with Gasteiger partial charge < -0.3 is 0 Å². The second-order valence-electron chi connectivity index (χ2n) is 2.39. The molecule has 54 valence electrons. The molecule has 0 fully saturated rings. The molecule has 0 spiro atoms. The van der Waals surface area contributed by atoms with E-state index < -0.39 is 0 Å². The third-order valence-corrected chi connectivity index (χ3v) is 2.70. The fourth-order valence-electron chi connectivity index (χ4n) is 1.18. The van der Waals surface area contributed by atoms with Gasteiger partial charge in [-0.2, -0.15) is 0 Å². The minimum Gasteiger partial charge on any atom is -0.233 e. The number of hydrogen-bond donors (Lipinski definition) is 0. The van der Waals surface area contributed by atoms with E-state index >= 15 is 0 Å². The molecular formula is C9H6OS. The number of fused-ring (bicyclic) bond motifs is 1. The van der Waals surface area contributed by atoms with Crippen molar-refractivity contribution in [3.05, 3.63) is 28.0 Å². The Labute approximate surface area is 68.7 Å². The van der Waals surface area contributed by atoms with Gasteiger partial charge in [-0.05, 0) is 17.0 Å². The monoisotopic (exact) mass is 162 g/mol. The molecule has 0 bridgehead atoms.